The average Bonchev–Trinajstić information content (AvgIpc) is 3.30. The molecule has 2 fully saturated rings. The zero-order valence-electron chi connectivity index (χ0n) is 15.0. The molecule has 2 aliphatic rings. The van der Waals surface area contributed by atoms with Gasteiger partial charge in [0.2, 0.25) is 0 Å². The van der Waals surface area contributed by atoms with E-state index in [-0.39, 0.29) is 5.60 Å². The summed E-state index contributed by atoms with van der Waals surface area (Å²) in [4.78, 5) is 2.78. The van der Waals surface area contributed by atoms with Crippen molar-refractivity contribution < 1.29 is 4.74 Å². The van der Waals surface area contributed by atoms with Crippen LogP contribution < -0.4 is 5.32 Å². The van der Waals surface area contributed by atoms with E-state index in [1.54, 1.807) is 0 Å². The molecule has 0 amide bonds. The predicted octanol–water partition coefficient (Wildman–Crippen LogP) is 3.29. The largest absolute Gasteiger partial charge is 0.379 e. The number of nitrogens with zero attached hydrogens (tertiary/aromatic N) is 1. The topological polar surface area (TPSA) is 24.5 Å². The Kier molecular flexibility index (Phi) is 5.38. The second-order valence-corrected chi connectivity index (χ2v) is 8.16. The van der Waals surface area contributed by atoms with Gasteiger partial charge in [0.1, 0.15) is 0 Å². The second kappa shape index (κ2) is 6.55. The summed E-state index contributed by atoms with van der Waals surface area (Å²) in [6.45, 7) is 15.1. The predicted molar refractivity (Wildman–Crippen MR) is 89.7 cm³/mol. The van der Waals surface area contributed by atoms with Gasteiger partial charge < -0.3 is 10.1 Å². The van der Waals surface area contributed by atoms with Crippen LogP contribution in [0.1, 0.15) is 60.3 Å². The monoisotopic (exact) mass is 296 g/mol. The highest BCUT2D eigenvalue weighted by molar-refractivity contribution is 5.05. The van der Waals surface area contributed by atoms with Crippen LogP contribution in [-0.2, 0) is 4.74 Å². The van der Waals surface area contributed by atoms with Crippen LogP contribution >= 0.6 is 0 Å². The van der Waals surface area contributed by atoms with E-state index in [0.717, 1.165) is 31.3 Å². The highest BCUT2D eigenvalue weighted by Gasteiger charge is 2.48. The first-order valence-corrected chi connectivity index (χ1v) is 8.86. The molecule has 3 heteroatoms. The van der Waals surface area contributed by atoms with Crippen molar-refractivity contribution in [2.75, 3.05) is 26.7 Å². The normalized spacial score (nSPS) is 33.1. The molecule has 0 aromatic heterocycles. The lowest BCUT2D eigenvalue weighted by Gasteiger charge is -2.50. The fourth-order valence-corrected chi connectivity index (χ4v) is 3.59. The van der Waals surface area contributed by atoms with Gasteiger partial charge in [-0.1, -0.05) is 20.3 Å². The minimum atomic E-state index is -0.0127. The molecule has 1 aliphatic heterocycles. The summed E-state index contributed by atoms with van der Waals surface area (Å²) >= 11 is 0. The third kappa shape index (κ3) is 4.00. The van der Waals surface area contributed by atoms with Gasteiger partial charge in [0, 0.05) is 38.3 Å². The SMILES string of the molecule is CCC(C)C1CN(CCC(C)(C)OC)C(C)(C2CC2)CN1. The Morgan fingerprint density at radius 3 is 2.57 bits per heavy atom. The van der Waals surface area contributed by atoms with Crippen molar-refractivity contribution in [2.45, 2.75) is 77.5 Å². The molecule has 3 nitrogen and oxygen atoms in total. The first-order valence-electron chi connectivity index (χ1n) is 8.86. The van der Waals surface area contributed by atoms with Crippen LogP contribution in [0.2, 0.25) is 0 Å². The minimum Gasteiger partial charge on any atom is -0.379 e. The van der Waals surface area contributed by atoms with Gasteiger partial charge in [-0.3, -0.25) is 4.90 Å². The number of hydrogen-bond donors (Lipinski definition) is 1. The summed E-state index contributed by atoms with van der Waals surface area (Å²) in [5.74, 6) is 1.65. The Labute approximate surface area is 131 Å². The quantitative estimate of drug-likeness (QED) is 0.780. The molecule has 0 spiro atoms. The minimum absolute atomic E-state index is 0.0127. The van der Waals surface area contributed by atoms with Gasteiger partial charge in [0.05, 0.1) is 5.60 Å². The maximum absolute atomic E-state index is 5.63. The molecule has 3 unspecified atom stereocenters. The summed E-state index contributed by atoms with van der Waals surface area (Å²) in [5, 5.41) is 3.85. The molecule has 0 aromatic carbocycles. The van der Waals surface area contributed by atoms with Crippen molar-refractivity contribution in [3.05, 3.63) is 0 Å². The number of ether oxygens (including phenoxy) is 1. The molecular weight excluding hydrogens is 260 g/mol. The fourth-order valence-electron chi connectivity index (χ4n) is 3.59. The molecule has 1 N–H and O–H groups in total. The summed E-state index contributed by atoms with van der Waals surface area (Å²) < 4.78 is 5.63. The van der Waals surface area contributed by atoms with E-state index in [9.17, 15) is 0 Å². The number of rotatable bonds is 7. The molecular formula is C18H36N2O. The number of methoxy groups -OCH3 is 1. The van der Waals surface area contributed by atoms with Gasteiger partial charge in [-0.15, -0.1) is 0 Å². The third-order valence-electron chi connectivity index (χ3n) is 6.19. The van der Waals surface area contributed by atoms with Crippen molar-refractivity contribution in [3.8, 4) is 0 Å². The van der Waals surface area contributed by atoms with E-state index < -0.39 is 0 Å². The maximum Gasteiger partial charge on any atom is 0.0634 e. The van der Waals surface area contributed by atoms with E-state index in [4.69, 9.17) is 4.74 Å². The number of piperazine rings is 1. The van der Waals surface area contributed by atoms with E-state index in [1.807, 2.05) is 7.11 Å². The number of hydrogen-bond acceptors (Lipinski definition) is 3. The van der Waals surface area contributed by atoms with Crippen LogP contribution in [0.15, 0.2) is 0 Å². The Morgan fingerprint density at radius 1 is 1.38 bits per heavy atom. The first-order chi connectivity index (χ1) is 9.82. The van der Waals surface area contributed by atoms with E-state index in [1.165, 1.54) is 25.8 Å². The zero-order chi connectivity index (χ0) is 15.7. The molecule has 1 heterocycles. The van der Waals surface area contributed by atoms with Crippen LogP contribution in [0.3, 0.4) is 0 Å². The highest BCUT2D eigenvalue weighted by Crippen LogP contribution is 2.44. The van der Waals surface area contributed by atoms with Gasteiger partial charge >= 0.3 is 0 Å². The van der Waals surface area contributed by atoms with Gasteiger partial charge in [-0.2, -0.15) is 0 Å². The third-order valence-corrected chi connectivity index (χ3v) is 6.19. The van der Waals surface area contributed by atoms with Crippen LogP contribution in [-0.4, -0.2) is 48.8 Å². The molecule has 124 valence electrons. The molecule has 3 atom stereocenters. The van der Waals surface area contributed by atoms with Gasteiger partial charge in [0.25, 0.3) is 0 Å². The molecule has 0 radical (unpaired) electrons. The van der Waals surface area contributed by atoms with Crippen LogP contribution in [0, 0.1) is 11.8 Å². The molecule has 2 rings (SSSR count). The van der Waals surface area contributed by atoms with Crippen LogP contribution in [0.5, 0.6) is 0 Å². The summed E-state index contributed by atoms with van der Waals surface area (Å²) in [6, 6.07) is 0.646. The molecule has 1 saturated carbocycles. The van der Waals surface area contributed by atoms with Crippen molar-refractivity contribution in [2.24, 2.45) is 11.8 Å². The van der Waals surface area contributed by atoms with E-state index in [0.29, 0.717) is 11.6 Å². The fraction of sp³-hybridized carbons (Fsp3) is 1.00. The lowest BCUT2D eigenvalue weighted by atomic mass is 9.85. The van der Waals surface area contributed by atoms with Gasteiger partial charge in [0.15, 0.2) is 0 Å². The lowest BCUT2D eigenvalue weighted by molar-refractivity contribution is -0.0236. The summed E-state index contributed by atoms with van der Waals surface area (Å²) in [7, 11) is 1.83. The van der Waals surface area contributed by atoms with Crippen molar-refractivity contribution in [1.82, 2.24) is 10.2 Å². The smallest absolute Gasteiger partial charge is 0.0634 e. The van der Waals surface area contributed by atoms with Crippen molar-refractivity contribution in [3.63, 3.8) is 0 Å². The van der Waals surface area contributed by atoms with Crippen LogP contribution in [0.25, 0.3) is 0 Å². The summed E-state index contributed by atoms with van der Waals surface area (Å²) in [6.07, 6.45) is 5.20. The molecule has 0 aromatic rings. The molecule has 21 heavy (non-hydrogen) atoms. The first kappa shape index (κ1) is 17.2. The Hall–Kier alpha value is -0.120. The number of nitrogens with one attached hydrogen (secondary N) is 1. The maximum atomic E-state index is 5.63. The van der Waals surface area contributed by atoms with Crippen LogP contribution in [0.4, 0.5) is 0 Å². The van der Waals surface area contributed by atoms with Gasteiger partial charge in [-0.05, 0) is 51.9 Å². The molecule has 1 saturated heterocycles. The molecule has 0 bridgehead atoms. The highest BCUT2D eigenvalue weighted by atomic mass is 16.5. The van der Waals surface area contributed by atoms with Crippen molar-refractivity contribution >= 4 is 0 Å². The van der Waals surface area contributed by atoms with E-state index in [2.05, 4.69) is 44.8 Å². The van der Waals surface area contributed by atoms with Gasteiger partial charge in [-0.25, -0.2) is 0 Å². The lowest BCUT2D eigenvalue weighted by Crippen LogP contribution is -2.66. The molecule has 1 aliphatic carbocycles. The second-order valence-electron chi connectivity index (χ2n) is 8.16. The Morgan fingerprint density at radius 2 is 2.05 bits per heavy atom. The standard InChI is InChI=1S/C18H36N2O/c1-7-14(2)16-12-20(11-10-17(3,4)21-6)18(5,13-19-16)15-8-9-15/h14-16,19H,7-13H2,1-6H3. The Balaban J connectivity index is 2.02. The summed E-state index contributed by atoms with van der Waals surface area (Å²) in [5.41, 5.74) is 0.342. The van der Waals surface area contributed by atoms with Crippen molar-refractivity contribution in [1.29, 1.82) is 0 Å². The average molecular weight is 296 g/mol. The zero-order valence-corrected chi connectivity index (χ0v) is 15.0. The van der Waals surface area contributed by atoms with E-state index >= 15 is 0 Å². The Bertz CT molecular complexity index is 340.